The molecule has 10 heteroatoms. The predicted octanol–water partition coefficient (Wildman–Crippen LogP) is 3.69. The third-order valence-electron chi connectivity index (χ3n) is 5.79. The molecule has 0 aliphatic heterocycles. The molecule has 3 amide bonds. The van der Waals surface area contributed by atoms with Crippen molar-refractivity contribution in [2.75, 3.05) is 7.11 Å². The zero-order valence-corrected chi connectivity index (χ0v) is 24.0. The van der Waals surface area contributed by atoms with Crippen LogP contribution in [-0.4, -0.2) is 54.7 Å². The monoisotopic (exact) mass is 557 g/mol. The summed E-state index contributed by atoms with van der Waals surface area (Å²) in [6.45, 7) is 8.89. The zero-order valence-electron chi connectivity index (χ0n) is 24.0. The average molecular weight is 558 g/mol. The van der Waals surface area contributed by atoms with Crippen LogP contribution >= 0.6 is 0 Å². The van der Waals surface area contributed by atoms with Crippen molar-refractivity contribution in [2.24, 2.45) is 5.92 Å². The molecule has 9 nitrogen and oxygen atoms in total. The van der Waals surface area contributed by atoms with Gasteiger partial charge in [-0.2, -0.15) is 0 Å². The van der Waals surface area contributed by atoms with Crippen LogP contribution in [0.2, 0.25) is 0 Å². The molecule has 0 bridgehead atoms. The van der Waals surface area contributed by atoms with Crippen LogP contribution in [0.5, 0.6) is 0 Å². The summed E-state index contributed by atoms with van der Waals surface area (Å²) < 4.78 is 23.7. The van der Waals surface area contributed by atoms with E-state index >= 15 is 0 Å². The van der Waals surface area contributed by atoms with Gasteiger partial charge < -0.3 is 25.4 Å². The van der Waals surface area contributed by atoms with E-state index in [2.05, 4.69) is 16.0 Å². The van der Waals surface area contributed by atoms with Crippen molar-refractivity contribution in [3.8, 4) is 0 Å². The first-order valence-electron chi connectivity index (χ1n) is 13.2. The van der Waals surface area contributed by atoms with Crippen LogP contribution in [0.1, 0.15) is 52.2 Å². The van der Waals surface area contributed by atoms with Crippen molar-refractivity contribution >= 4 is 23.9 Å². The van der Waals surface area contributed by atoms with Crippen molar-refractivity contribution in [3.05, 3.63) is 71.5 Å². The molecule has 0 spiro atoms. The Hall–Kier alpha value is -3.95. The van der Waals surface area contributed by atoms with Crippen molar-refractivity contribution in [1.82, 2.24) is 16.0 Å². The minimum Gasteiger partial charge on any atom is -0.467 e. The Bertz CT molecular complexity index is 1130. The summed E-state index contributed by atoms with van der Waals surface area (Å²) in [7, 11) is 1.24. The summed E-state index contributed by atoms with van der Waals surface area (Å²) in [6, 6.07) is 11.5. The van der Waals surface area contributed by atoms with Crippen LogP contribution in [0.3, 0.4) is 0 Å². The number of hydrogen-bond donors (Lipinski definition) is 3. The maximum Gasteiger partial charge on any atom is 0.408 e. The molecular formula is C30H40FN3O6. The second-order valence-corrected chi connectivity index (χ2v) is 11.0. The lowest BCUT2D eigenvalue weighted by atomic mass is 10.0. The molecule has 3 atom stereocenters. The largest absolute Gasteiger partial charge is 0.467 e. The molecule has 2 aromatic rings. The Balaban J connectivity index is 2.32. The van der Waals surface area contributed by atoms with Gasteiger partial charge in [-0.25, -0.2) is 14.0 Å². The summed E-state index contributed by atoms with van der Waals surface area (Å²) >= 11 is 0. The van der Waals surface area contributed by atoms with Crippen molar-refractivity contribution in [1.29, 1.82) is 0 Å². The number of benzene rings is 2. The number of carbonyl (C=O) groups excluding carboxylic acids is 4. The van der Waals surface area contributed by atoms with Crippen LogP contribution in [0.25, 0.3) is 0 Å². The molecule has 0 radical (unpaired) electrons. The van der Waals surface area contributed by atoms with E-state index in [0.29, 0.717) is 12.0 Å². The third kappa shape index (κ3) is 11.4. The summed E-state index contributed by atoms with van der Waals surface area (Å²) in [5.41, 5.74) is 0.553. The zero-order chi connectivity index (χ0) is 29.9. The predicted molar refractivity (Wildman–Crippen MR) is 149 cm³/mol. The second-order valence-electron chi connectivity index (χ2n) is 11.0. The van der Waals surface area contributed by atoms with Crippen LogP contribution in [-0.2, 0) is 36.7 Å². The molecular weight excluding hydrogens is 517 g/mol. The molecule has 0 unspecified atom stereocenters. The standard InChI is InChI=1S/C30H40FN3O6/c1-19(2)16-25(28(37)39-6)33-26(35)23(17-20-10-8-7-9-11-20)32-27(36)24(34-29(38)40-30(3,4)5)18-21-12-14-22(31)15-13-21/h7-15,19,23-25H,16-18H2,1-6H3,(H,32,36)(H,33,35)(H,34,38)/t23-,24-,25-/m1/s1. The van der Waals surface area contributed by atoms with E-state index in [-0.39, 0.29) is 18.8 Å². The molecule has 0 aliphatic carbocycles. The quantitative estimate of drug-likeness (QED) is 0.342. The number of alkyl carbamates (subject to hydrolysis) is 1. The van der Waals surface area contributed by atoms with Gasteiger partial charge in [0.05, 0.1) is 7.11 Å². The molecule has 40 heavy (non-hydrogen) atoms. The summed E-state index contributed by atoms with van der Waals surface area (Å²) in [6.07, 6.45) is -0.327. The second kappa shape index (κ2) is 15.0. The molecule has 3 N–H and O–H groups in total. The molecule has 0 saturated heterocycles. The number of hydrogen-bond acceptors (Lipinski definition) is 6. The first kappa shape index (κ1) is 32.3. The summed E-state index contributed by atoms with van der Waals surface area (Å²) in [4.78, 5) is 51.9. The number of halogens is 1. The van der Waals surface area contributed by atoms with Gasteiger partial charge in [0.15, 0.2) is 0 Å². The number of esters is 1. The van der Waals surface area contributed by atoms with Crippen LogP contribution in [0.15, 0.2) is 54.6 Å². The Morgan fingerprint density at radius 2 is 1.27 bits per heavy atom. The Morgan fingerprint density at radius 1 is 0.775 bits per heavy atom. The Labute approximate surface area is 235 Å². The number of methoxy groups -OCH3 is 1. The molecule has 0 heterocycles. The minimum absolute atomic E-state index is 0.0170. The van der Waals surface area contributed by atoms with E-state index in [4.69, 9.17) is 9.47 Å². The lowest BCUT2D eigenvalue weighted by molar-refractivity contribution is -0.145. The smallest absolute Gasteiger partial charge is 0.408 e. The lowest BCUT2D eigenvalue weighted by Gasteiger charge is -2.26. The topological polar surface area (TPSA) is 123 Å². The average Bonchev–Trinajstić information content (AvgIpc) is 2.87. The van der Waals surface area contributed by atoms with Gasteiger partial charge >= 0.3 is 12.1 Å². The Morgan fingerprint density at radius 3 is 1.77 bits per heavy atom. The van der Waals surface area contributed by atoms with Gasteiger partial charge in [-0.05, 0) is 56.4 Å². The highest BCUT2D eigenvalue weighted by atomic mass is 19.1. The van der Waals surface area contributed by atoms with Crippen LogP contribution < -0.4 is 16.0 Å². The molecule has 0 aromatic heterocycles. The summed E-state index contributed by atoms with van der Waals surface area (Å²) in [5, 5.41) is 8.01. The fraction of sp³-hybridized carbons (Fsp3) is 0.467. The Kier molecular flexibility index (Phi) is 12.1. The van der Waals surface area contributed by atoms with Crippen LogP contribution in [0.4, 0.5) is 9.18 Å². The third-order valence-corrected chi connectivity index (χ3v) is 5.79. The fourth-order valence-corrected chi connectivity index (χ4v) is 3.95. The van der Waals surface area contributed by atoms with Crippen molar-refractivity contribution < 1.29 is 33.0 Å². The van der Waals surface area contributed by atoms with E-state index in [9.17, 15) is 23.6 Å². The first-order chi connectivity index (χ1) is 18.8. The van der Waals surface area contributed by atoms with Crippen molar-refractivity contribution in [2.45, 2.75) is 77.6 Å². The van der Waals surface area contributed by atoms with Gasteiger partial charge in [0.25, 0.3) is 0 Å². The highest BCUT2D eigenvalue weighted by Gasteiger charge is 2.31. The maximum absolute atomic E-state index is 13.5. The molecule has 0 aliphatic rings. The van der Waals surface area contributed by atoms with Gasteiger partial charge in [-0.15, -0.1) is 0 Å². The number of nitrogens with one attached hydrogen (secondary N) is 3. The summed E-state index contributed by atoms with van der Waals surface area (Å²) in [5.74, 6) is -2.17. The molecule has 2 rings (SSSR count). The van der Waals surface area contributed by atoms with E-state index < -0.39 is 53.4 Å². The number of rotatable bonds is 12. The maximum atomic E-state index is 13.5. The molecule has 0 fully saturated rings. The van der Waals surface area contributed by atoms with Gasteiger partial charge in [0, 0.05) is 12.8 Å². The highest BCUT2D eigenvalue weighted by Crippen LogP contribution is 2.12. The fourth-order valence-electron chi connectivity index (χ4n) is 3.95. The van der Waals surface area contributed by atoms with Gasteiger partial charge in [-0.1, -0.05) is 56.3 Å². The first-order valence-corrected chi connectivity index (χ1v) is 13.2. The number of amides is 3. The lowest BCUT2D eigenvalue weighted by Crippen LogP contribution is -2.57. The molecule has 218 valence electrons. The molecule has 0 saturated carbocycles. The van der Waals surface area contributed by atoms with E-state index in [0.717, 1.165) is 5.56 Å². The number of carbonyl (C=O) groups is 4. The van der Waals surface area contributed by atoms with Gasteiger partial charge in [0.1, 0.15) is 29.5 Å². The van der Waals surface area contributed by atoms with Crippen molar-refractivity contribution in [3.63, 3.8) is 0 Å². The normalized spacial score (nSPS) is 13.5. The van der Waals surface area contributed by atoms with Crippen LogP contribution in [0, 0.1) is 11.7 Å². The molecule has 2 aromatic carbocycles. The van der Waals surface area contributed by atoms with Gasteiger partial charge in [-0.3, -0.25) is 9.59 Å². The SMILES string of the molecule is COC(=O)[C@@H](CC(C)C)NC(=O)[C@@H](Cc1ccccc1)NC(=O)[C@@H](Cc1ccc(F)cc1)NC(=O)OC(C)(C)C. The van der Waals surface area contributed by atoms with E-state index in [1.54, 1.807) is 20.8 Å². The minimum atomic E-state index is -1.14. The van der Waals surface area contributed by atoms with E-state index in [1.165, 1.54) is 31.4 Å². The number of ether oxygens (including phenoxy) is 2. The van der Waals surface area contributed by atoms with E-state index in [1.807, 2.05) is 44.2 Å². The van der Waals surface area contributed by atoms with Gasteiger partial charge in [0.2, 0.25) is 11.8 Å². The highest BCUT2D eigenvalue weighted by molar-refractivity contribution is 5.93.